The highest BCUT2D eigenvalue weighted by Gasteiger charge is 2.56. The molecule has 3 rings (SSSR count). The second kappa shape index (κ2) is 17.2. The Kier molecular flexibility index (Phi) is 13.7. The number of methoxy groups -OCH3 is 2. The molecule has 17 heteroatoms. The number of rotatable bonds is 12. The van der Waals surface area contributed by atoms with Crippen molar-refractivity contribution >= 4 is 35.8 Å². The fourth-order valence-electron chi connectivity index (χ4n) is 5.38. The van der Waals surface area contributed by atoms with Gasteiger partial charge in [0, 0.05) is 34.6 Å². The highest BCUT2D eigenvalue weighted by molar-refractivity contribution is 5.71. The van der Waals surface area contributed by atoms with Crippen LogP contribution in [0.25, 0.3) is 0 Å². The lowest BCUT2D eigenvalue weighted by Gasteiger charge is -2.48. The number of ether oxygens (including phenoxy) is 10. The Morgan fingerprint density at radius 2 is 1.27 bits per heavy atom. The molecule has 2 heterocycles. The normalized spacial score (nSPS) is 29.8. The topological polar surface area (TPSA) is 215 Å². The second-order valence-corrected chi connectivity index (χ2v) is 10.9. The Balaban J connectivity index is 2.16. The summed E-state index contributed by atoms with van der Waals surface area (Å²) >= 11 is 0. The van der Waals surface area contributed by atoms with Crippen molar-refractivity contribution < 1.29 is 81.2 Å². The predicted molar refractivity (Wildman–Crippen MR) is 156 cm³/mol. The molecular weight excluding hydrogens is 644 g/mol. The van der Waals surface area contributed by atoms with Crippen molar-refractivity contribution in [2.45, 2.75) is 102 Å². The molecule has 0 amide bonds. The van der Waals surface area contributed by atoms with Gasteiger partial charge in [0.1, 0.15) is 42.9 Å². The van der Waals surface area contributed by atoms with Crippen LogP contribution in [-0.2, 0) is 71.4 Å². The van der Waals surface area contributed by atoms with Crippen LogP contribution < -0.4 is 4.74 Å². The quantitative estimate of drug-likeness (QED) is 0.234. The second-order valence-electron chi connectivity index (χ2n) is 10.9. The fourth-order valence-corrected chi connectivity index (χ4v) is 5.38. The number of hydrogen-bond acceptors (Lipinski definition) is 17. The van der Waals surface area contributed by atoms with Gasteiger partial charge in [0.2, 0.25) is 0 Å². The van der Waals surface area contributed by atoms with Gasteiger partial charge in [-0.1, -0.05) is 12.1 Å². The van der Waals surface area contributed by atoms with Crippen molar-refractivity contribution in [3.8, 4) is 5.75 Å². The summed E-state index contributed by atoms with van der Waals surface area (Å²) in [5.74, 6) is -4.50. The Labute approximate surface area is 275 Å². The van der Waals surface area contributed by atoms with Crippen molar-refractivity contribution in [1.82, 2.24) is 0 Å². The van der Waals surface area contributed by atoms with E-state index in [9.17, 15) is 33.9 Å². The zero-order valence-electron chi connectivity index (χ0n) is 27.5. The number of carbonyl (C=O) groups is 6. The number of esters is 6. The minimum absolute atomic E-state index is 0.383. The van der Waals surface area contributed by atoms with Crippen LogP contribution in [0.3, 0.4) is 0 Å². The lowest BCUT2D eigenvalue weighted by Crippen LogP contribution is -2.65. The van der Waals surface area contributed by atoms with Gasteiger partial charge in [-0.3, -0.25) is 28.8 Å². The van der Waals surface area contributed by atoms with Gasteiger partial charge in [0.05, 0.1) is 20.6 Å². The molecule has 10 atom stereocenters. The molecule has 0 aliphatic carbocycles. The summed E-state index contributed by atoms with van der Waals surface area (Å²) in [5.41, 5.74) is 0.383. The Hall–Kier alpha value is -4.32. The summed E-state index contributed by atoms with van der Waals surface area (Å²) in [6.07, 6.45) is -15.6. The molecule has 0 aromatic heterocycles. The van der Waals surface area contributed by atoms with Gasteiger partial charge in [-0.05, 0) is 17.7 Å². The summed E-state index contributed by atoms with van der Waals surface area (Å²) < 4.78 is 55.5. The number of aliphatic hydroxyl groups is 1. The largest absolute Gasteiger partial charge is 0.497 e. The highest BCUT2D eigenvalue weighted by atomic mass is 16.7. The van der Waals surface area contributed by atoms with Crippen LogP contribution in [0, 0.1) is 0 Å². The maximum Gasteiger partial charge on any atom is 0.308 e. The van der Waals surface area contributed by atoms with Gasteiger partial charge in [-0.2, -0.15) is 0 Å². The third kappa shape index (κ3) is 10.1. The van der Waals surface area contributed by atoms with Crippen LogP contribution in [0.4, 0.5) is 0 Å². The van der Waals surface area contributed by atoms with Gasteiger partial charge in [0.15, 0.2) is 30.7 Å². The Morgan fingerprint density at radius 1 is 0.708 bits per heavy atom. The average molecular weight is 685 g/mol. The van der Waals surface area contributed by atoms with E-state index in [0.29, 0.717) is 11.3 Å². The maximum atomic E-state index is 12.5. The number of hydrogen-bond donors (Lipinski definition) is 1. The molecule has 2 fully saturated rings. The molecule has 1 N–H and O–H groups in total. The molecule has 0 saturated carbocycles. The average Bonchev–Trinajstić information content (AvgIpc) is 3.00. The third-order valence-corrected chi connectivity index (χ3v) is 7.22. The molecule has 266 valence electrons. The summed E-state index contributed by atoms with van der Waals surface area (Å²) in [6.45, 7) is 4.82. The molecule has 2 aliphatic heterocycles. The summed E-state index contributed by atoms with van der Waals surface area (Å²) in [4.78, 5) is 73.2. The van der Waals surface area contributed by atoms with Gasteiger partial charge in [0.25, 0.3) is 0 Å². The van der Waals surface area contributed by atoms with Crippen LogP contribution in [0.2, 0.25) is 0 Å². The minimum atomic E-state index is -1.76. The van der Waals surface area contributed by atoms with E-state index >= 15 is 0 Å². The molecule has 0 unspecified atom stereocenters. The predicted octanol–water partition coefficient (Wildman–Crippen LogP) is 0.459. The van der Waals surface area contributed by atoms with Gasteiger partial charge in [-0.25, -0.2) is 0 Å². The van der Waals surface area contributed by atoms with E-state index in [1.165, 1.54) is 7.11 Å². The van der Waals surface area contributed by atoms with Crippen LogP contribution >= 0.6 is 0 Å². The molecule has 2 saturated heterocycles. The lowest BCUT2D eigenvalue weighted by molar-refractivity contribution is -0.344. The smallest absolute Gasteiger partial charge is 0.308 e. The van der Waals surface area contributed by atoms with E-state index in [-0.39, 0.29) is 0 Å². The molecular formula is C31H40O17. The number of aliphatic hydroxyl groups excluding tert-OH is 1. The fraction of sp³-hybridized carbons (Fsp3) is 0.613. The van der Waals surface area contributed by atoms with Crippen LogP contribution in [0.15, 0.2) is 24.3 Å². The summed E-state index contributed by atoms with van der Waals surface area (Å²) in [6, 6.07) is 6.47. The lowest BCUT2D eigenvalue weighted by atomic mass is 9.89. The highest BCUT2D eigenvalue weighted by Crippen LogP contribution is 2.40. The standard InChI is InChI=1S/C31H40O17/c1-14(32)41-13-22-27(43-16(3)34)29(44-17(4)35)30(45-18(5)36)31(47-22)48-28-24(38)25(19-9-8-10-20(11-19)39-6)46-21(12-23(37)40-7)26(28)42-15(2)33/h8-11,21-22,24-31,38H,12-13H2,1-7H3/t21-,22-,24-,25-,26-,27-,28-,29+,30+,31-/m1/s1. The Morgan fingerprint density at radius 3 is 1.81 bits per heavy atom. The Bertz CT molecular complexity index is 1330. The van der Waals surface area contributed by atoms with Crippen molar-refractivity contribution in [3.05, 3.63) is 29.8 Å². The first-order chi connectivity index (χ1) is 22.6. The molecule has 48 heavy (non-hydrogen) atoms. The van der Waals surface area contributed by atoms with E-state index in [4.69, 9.17) is 47.4 Å². The van der Waals surface area contributed by atoms with E-state index in [1.54, 1.807) is 24.3 Å². The van der Waals surface area contributed by atoms with Gasteiger partial charge >= 0.3 is 35.8 Å². The summed E-state index contributed by atoms with van der Waals surface area (Å²) in [7, 11) is 2.58. The molecule has 0 bridgehead atoms. The summed E-state index contributed by atoms with van der Waals surface area (Å²) in [5, 5.41) is 11.8. The minimum Gasteiger partial charge on any atom is -0.497 e. The zero-order valence-corrected chi connectivity index (χ0v) is 27.5. The maximum absolute atomic E-state index is 12.5. The van der Waals surface area contributed by atoms with Crippen molar-refractivity contribution in [2.75, 3.05) is 20.8 Å². The van der Waals surface area contributed by atoms with Crippen molar-refractivity contribution in [1.29, 1.82) is 0 Å². The molecule has 0 radical (unpaired) electrons. The molecule has 17 nitrogen and oxygen atoms in total. The molecule has 1 aromatic carbocycles. The van der Waals surface area contributed by atoms with Crippen LogP contribution in [0.5, 0.6) is 5.75 Å². The molecule has 0 spiro atoms. The van der Waals surface area contributed by atoms with Crippen molar-refractivity contribution in [3.63, 3.8) is 0 Å². The molecule has 2 aliphatic rings. The number of carbonyl (C=O) groups excluding carboxylic acids is 6. The van der Waals surface area contributed by atoms with Gasteiger partial charge < -0.3 is 52.5 Å². The van der Waals surface area contributed by atoms with E-state index < -0.39 is 110 Å². The number of benzene rings is 1. The SMILES string of the molecule is COC(=O)C[C@H]1O[C@H](c2cccc(OC)c2)[C@@H](O)[C@@H](O[C@H]2O[C@H](COC(C)=O)[C@@H](OC(C)=O)[C@H](OC(C)=O)[C@@H]2OC(C)=O)[C@@H]1OC(C)=O. The van der Waals surface area contributed by atoms with E-state index in [2.05, 4.69) is 0 Å². The van der Waals surface area contributed by atoms with Crippen molar-refractivity contribution in [2.24, 2.45) is 0 Å². The monoisotopic (exact) mass is 684 g/mol. The third-order valence-electron chi connectivity index (χ3n) is 7.22. The first-order valence-corrected chi connectivity index (χ1v) is 14.8. The first kappa shape index (κ1) is 38.1. The van der Waals surface area contributed by atoms with E-state index in [1.807, 2.05) is 0 Å². The van der Waals surface area contributed by atoms with Gasteiger partial charge in [-0.15, -0.1) is 0 Å². The van der Waals surface area contributed by atoms with Crippen LogP contribution in [0.1, 0.15) is 52.7 Å². The molecule has 1 aromatic rings. The van der Waals surface area contributed by atoms with Crippen LogP contribution in [-0.4, -0.2) is 117 Å². The first-order valence-electron chi connectivity index (χ1n) is 14.8. The van der Waals surface area contributed by atoms with E-state index in [0.717, 1.165) is 41.7 Å². The zero-order chi connectivity index (χ0) is 35.7.